The third-order valence-corrected chi connectivity index (χ3v) is 3.91. The second-order valence-corrected chi connectivity index (χ2v) is 5.48. The molecule has 114 valence electrons. The summed E-state index contributed by atoms with van der Waals surface area (Å²) in [5.41, 5.74) is 4.51. The number of para-hydroxylation sites is 1. The average Bonchev–Trinajstić information content (AvgIpc) is 2.89. The topological polar surface area (TPSA) is 56.1 Å². The second kappa shape index (κ2) is 6.37. The molecule has 1 aliphatic heterocycles. The van der Waals surface area contributed by atoms with E-state index in [-0.39, 0.29) is 5.91 Å². The van der Waals surface area contributed by atoms with Crippen molar-refractivity contribution >= 4 is 28.9 Å². The summed E-state index contributed by atoms with van der Waals surface area (Å²) in [5.74, 6) is -0.0681. The standard InChI is InChI=1S/C19H17N3O/c1-22(12-4-11-20)15-9-7-14(8-10-15)13-17-16-5-2-3-6-18(16)21-19(17)23/h2-3,5-10,13H,4,12H2,1H3,(H,21,23)/b17-13-. The summed E-state index contributed by atoms with van der Waals surface area (Å²) < 4.78 is 0. The van der Waals surface area contributed by atoms with Crippen LogP contribution in [0.25, 0.3) is 11.6 Å². The molecule has 23 heavy (non-hydrogen) atoms. The van der Waals surface area contributed by atoms with E-state index in [0.717, 1.165) is 22.5 Å². The summed E-state index contributed by atoms with van der Waals surface area (Å²) >= 11 is 0. The molecule has 0 spiro atoms. The van der Waals surface area contributed by atoms with Gasteiger partial charge < -0.3 is 10.2 Å². The molecule has 0 saturated heterocycles. The first-order chi connectivity index (χ1) is 11.2. The van der Waals surface area contributed by atoms with Crippen molar-refractivity contribution in [3.63, 3.8) is 0 Å². The molecule has 1 amide bonds. The summed E-state index contributed by atoms with van der Waals surface area (Å²) in [6.45, 7) is 0.701. The Hall–Kier alpha value is -3.06. The normalized spacial score (nSPS) is 14.3. The Labute approximate surface area is 135 Å². The minimum absolute atomic E-state index is 0.0681. The monoisotopic (exact) mass is 303 g/mol. The molecule has 0 radical (unpaired) electrons. The van der Waals surface area contributed by atoms with E-state index in [9.17, 15) is 4.79 Å². The van der Waals surface area contributed by atoms with Gasteiger partial charge in [0, 0.05) is 36.1 Å². The Balaban J connectivity index is 1.84. The van der Waals surface area contributed by atoms with Crippen LogP contribution in [0.3, 0.4) is 0 Å². The summed E-state index contributed by atoms with van der Waals surface area (Å²) in [7, 11) is 1.96. The zero-order valence-corrected chi connectivity index (χ0v) is 12.9. The van der Waals surface area contributed by atoms with Crippen LogP contribution in [0.15, 0.2) is 48.5 Å². The molecule has 4 nitrogen and oxygen atoms in total. The van der Waals surface area contributed by atoms with E-state index in [1.165, 1.54) is 0 Å². The molecule has 0 bridgehead atoms. The van der Waals surface area contributed by atoms with Crippen molar-refractivity contribution in [1.29, 1.82) is 5.26 Å². The SMILES string of the molecule is CN(CCC#N)c1ccc(/C=C2\C(=O)Nc3ccccc32)cc1. The third-order valence-electron chi connectivity index (χ3n) is 3.91. The van der Waals surface area contributed by atoms with Crippen LogP contribution >= 0.6 is 0 Å². The van der Waals surface area contributed by atoms with E-state index in [1.807, 2.05) is 66.6 Å². The fourth-order valence-electron chi connectivity index (χ4n) is 2.62. The molecule has 0 atom stereocenters. The number of hydrogen-bond acceptors (Lipinski definition) is 3. The van der Waals surface area contributed by atoms with E-state index in [4.69, 9.17) is 5.26 Å². The summed E-state index contributed by atoms with van der Waals surface area (Å²) in [6.07, 6.45) is 2.40. The van der Waals surface area contributed by atoms with E-state index >= 15 is 0 Å². The van der Waals surface area contributed by atoms with Crippen LogP contribution in [0.1, 0.15) is 17.5 Å². The molecule has 1 heterocycles. The second-order valence-electron chi connectivity index (χ2n) is 5.48. The molecule has 2 aromatic rings. The Kier molecular flexibility index (Phi) is 4.11. The number of nitrogens with one attached hydrogen (secondary N) is 1. The lowest BCUT2D eigenvalue weighted by molar-refractivity contribution is -0.110. The maximum Gasteiger partial charge on any atom is 0.256 e. The van der Waals surface area contributed by atoms with Crippen LogP contribution in [-0.4, -0.2) is 19.5 Å². The van der Waals surface area contributed by atoms with Gasteiger partial charge in [-0.25, -0.2) is 0 Å². The molecule has 3 rings (SSSR count). The first kappa shape index (κ1) is 14.9. The van der Waals surface area contributed by atoms with E-state index < -0.39 is 0 Å². The predicted molar refractivity (Wildman–Crippen MR) is 92.9 cm³/mol. The van der Waals surface area contributed by atoms with Gasteiger partial charge in [0.2, 0.25) is 0 Å². The van der Waals surface area contributed by atoms with Crippen molar-refractivity contribution < 1.29 is 4.79 Å². The van der Waals surface area contributed by atoms with Gasteiger partial charge >= 0.3 is 0 Å². The van der Waals surface area contributed by atoms with Gasteiger partial charge in [0.05, 0.1) is 12.5 Å². The van der Waals surface area contributed by atoms with Gasteiger partial charge in [-0.1, -0.05) is 30.3 Å². The van der Waals surface area contributed by atoms with Gasteiger partial charge in [0.25, 0.3) is 5.91 Å². The number of anilines is 2. The first-order valence-electron chi connectivity index (χ1n) is 7.49. The number of nitrogens with zero attached hydrogens (tertiary/aromatic N) is 2. The quantitative estimate of drug-likeness (QED) is 0.879. The molecular formula is C19H17N3O. The molecule has 0 aliphatic carbocycles. The Morgan fingerprint density at radius 1 is 1.17 bits per heavy atom. The number of carbonyl (C=O) groups is 1. The fourth-order valence-corrected chi connectivity index (χ4v) is 2.62. The largest absolute Gasteiger partial charge is 0.374 e. The molecular weight excluding hydrogens is 286 g/mol. The van der Waals surface area contributed by atoms with Crippen molar-refractivity contribution in [2.24, 2.45) is 0 Å². The van der Waals surface area contributed by atoms with Crippen LogP contribution < -0.4 is 10.2 Å². The number of amides is 1. The lowest BCUT2D eigenvalue weighted by Gasteiger charge is -2.17. The van der Waals surface area contributed by atoms with Crippen molar-refractivity contribution in [2.75, 3.05) is 23.8 Å². The van der Waals surface area contributed by atoms with Crippen LogP contribution in [0.2, 0.25) is 0 Å². The molecule has 0 fully saturated rings. The number of rotatable bonds is 4. The molecule has 0 aromatic heterocycles. The van der Waals surface area contributed by atoms with Gasteiger partial charge in [-0.15, -0.1) is 0 Å². The maximum atomic E-state index is 12.1. The highest BCUT2D eigenvalue weighted by atomic mass is 16.2. The Morgan fingerprint density at radius 2 is 1.91 bits per heavy atom. The molecule has 2 aromatic carbocycles. The lowest BCUT2D eigenvalue weighted by atomic mass is 10.0. The number of benzene rings is 2. The van der Waals surface area contributed by atoms with E-state index in [2.05, 4.69) is 11.4 Å². The van der Waals surface area contributed by atoms with Gasteiger partial charge in [-0.2, -0.15) is 5.26 Å². The van der Waals surface area contributed by atoms with Crippen molar-refractivity contribution in [3.05, 3.63) is 59.7 Å². The van der Waals surface area contributed by atoms with Crippen molar-refractivity contribution in [3.8, 4) is 6.07 Å². The van der Waals surface area contributed by atoms with Crippen LogP contribution in [0.4, 0.5) is 11.4 Å². The van der Waals surface area contributed by atoms with Gasteiger partial charge in [-0.3, -0.25) is 4.79 Å². The average molecular weight is 303 g/mol. The smallest absolute Gasteiger partial charge is 0.256 e. The lowest BCUT2D eigenvalue weighted by Crippen LogP contribution is -2.17. The highest BCUT2D eigenvalue weighted by molar-refractivity contribution is 6.34. The molecule has 1 aliphatic rings. The van der Waals surface area contributed by atoms with E-state index in [1.54, 1.807) is 0 Å². The Bertz CT molecular complexity index is 800. The number of carbonyl (C=O) groups excluding carboxylic acids is 1. The minimum atomic E-state index is -0.0681. The maximum absolute atomic E-state index is 12.1. The predicted octanol–water partition coefficient (Wildman–Crippen LogP) is 3.53. The summed E-state index contributed by atoms with van der Waals surface area (Å²) in [6, 6.07) is 17.8. The minimum Gasteiger partial charge on any atom is -0.374 e. The Morgan fingerprint density at radius 3 is 2.65 bits per heavy atom. The van der Waals surface area contributed by atoms with Crippen LogP contribution in [0, 0.1) is 11.3 Å². The van der Waals surface area contributed by atoms with Crippen molar-refractivity contribution in [2.45, 2.75) is 6.42 Å². The molecule has 0 saturated carbocycles. The molecule has 0 unspecified atom stereocenters. The first-order valence-corrected chi connectivity index (χ1v) is 7.49. The van der Waals surface area contributed by atoms with Crippen LogP contribution in [0.5, 0.6) is 0 Å². The zero-order chi connectivity index (χ0) is 16.2. The van der Waals surface area contributed by atoms with E-state index in [0.29, 0.717) is 18.5 Å². The van der Waals surface area contributed by atoms with Gasteiger partial charge in [-0.05, 0) is 29.8 Å². The third kappa shape index (κ3) is 3.09. The number of hydrogen-bond donors (Lipinski definition) is 1. The summed E-state index contributed by atoms with van der Waals surface area (Å²) in [5, 5.41) is 11.5. The van der Waals surface area contributed by atoms with Crippen LogP contribution in [-0.2, 0) is 4.79 Å². The van der Waals surface area contributed by atoms with Gasteiger partial charge in [0.1, 0.15) is 0 Å². The zero-order valence-electron chi connectivity index (χ0n) is 12.9. The molecule has 1 N–H and O–H groups in total. The highest BCUT2D eigenvalue weighted by Crippen LogP contribution is 2.32. The fraction of sp³-hybridized carbons (Fsp3) is 0.158. The van der Waals surface area contributed by atoms with Crippen molar-refractivity contribution in [1.82, 2.24) is 0 Å². The highest BCUT2D eigenvalue weighted by Gasteiger charge is 2.23. The number of fused-ring (bicyclic) bond motifs is 1. The summed E-state index contributed by atoms with van der Waals surface area (Å²) in [4.78, 5) is 14.2. The molecule has 4 heteroatoms. The number of nitriles is 1. The van der Waals surface area contributed by atoms with Gasteiger partial charge in [0.15, 0.2) is 0 Å².